The Morgan fingerprint density at radius 1 is 1.28 bits per heavy atom. The smallest absolute Gasteiger partial charge is 0.240 e. The maximum Gasteiger partial charge on any atom is 0.240 e. The van der Waals surface area contributed by atoms with Crippen LogP contribution >= 0.6 is 11.8 Å². The molecule has 1 atom stereocenters. The maximum atomic E-state index is 12.0. The van der Waals surface area contributed by atoms with E-state index in [1.165, 1.54) is 36.0 Å². The van der Waals surface area contributed by atoms with E-state index in [4.69, 9.17) is 0 Å². The predicted octanol–water partition coefficient (Wildman–Crippen LogP) is 1.23. The Labute approximate surface area is 152 Å². The van der Waals surface area contributed by atoms with Crippen LogP contribution < -0.4 is 10.0 Å². The number of nitrogens with one attached hydrogen (secondary N) is 2. The summed E-state index contributed by atoms with van der Waals surface area (Å²) in [6.45, 7) is 3.47. The van der Waals surface area contributed by atoms with Crippen LogP contribution in [-0.2, 0) is 24.7 Å². The minimum atomic E-state index is -3.56. The lowest BCUT2D eigenvalue weighted by Crippen LogP contribution is -2.30. The summed E-state index contributed by atoms with van der Waals surface area (Å²) in [5.74, 6) is 0.229. The van der Waals surface area contributed by atoms with Crippen LogP contribution in [-0.4, -0.2) is 51.3 Å². The van der Waals surface area contributed by atoms with Crippen molar-refractivity contribution >= 4 is 43.2 Å². The molecule has 25 heavy (non-hydrogen) atoms. The molecule has 2 rings (SSSR count). The van der Waals surface area contributed by atoms with Gasteiger partial charge in [-0.25, -0.2) is 21.6 Å². The minimum absolute atomic E-state index is 0.0367. The molecule has 0 saturated carbocycles. The molecule has 1 heterocycles. The Morgan fingerprint density at radius 2 is 1.92 bits per heavy atom. The van der Waals surface area contributed by atoms with Crippen molar-refractivity contribution in [3.63, 3.8) is 0 Å². The number of hydrogen-bond acceptors (Lipinski definition) is 6. The van der Waals surface area contributed by atoms with Crippen LogP contribution in [0.5, 0.6) is 0 Å². The fourth-order valence-corrected chi connectivity index (χ4v) is 7.07. The van der Waals surface area contributed by atoms with E-state index >= 15 is 0 Å². The highest BCUT2D eigenvalue weighted by Gasteiger charge is 2.28. The van der Waals surface area contributed by atoms with Crippen LogP contribution in [0.4, 0.5) is 5.69 Å². The molecule has 140 valence electrons. The van der Waals surface area contributed by atoms with Crippen molar-refractivity contribution in [3.05, 3.63) is 24.3 Å². The molecule has 0 bridgehead atoms. The van der Waals surface area contributed by atoms with Crippen molar-refractivity contribution in [1.29, 1.82) is 0 Å². The van der Waals surface area contributed by atoms with Crippen LogP contribution in [0.3, 0.4) is 0 Å². The van der Waals surface area contributed by atoms with Crippen LogP contribution in [0.2, 0.25) is 0 Å². The zero-order valence-corrected chi connectivity index (χ0v) is 16.5. The number of sulfone groups is 1. The van der Waals surface area contributed by atoms with Crippen LogP contribution in [0, 0.1) is 0 Å². The molecule has 1 saturated heterocycles. The quantitative estimate of drug-likeness (QED) is 0.705. The monoisotopic (exact) mass is 406 g/mol. The zero-order chi connectivity index (χ0) is 18.7. The molecule has 1 aliphatic heterocycles. The van der Waals surface area contributed by atoms with E-state index < -0.39 is 19.9 Å². The summed E-state index contributed by atoms with van der Waals surface area (Å²) in [5, 5.41) is 2.64. The van der Waals surface area contributed by atoms with E-state index in [0.29, 0.717) is 12.1 Å². The number of thioether (sulfide) groups is 1. The summed E-state index contributed by atoms with van der Waals surface area (Å²) >= 11 is 1.33. The van der Waals surface area contributed by atoms with Gasteiger partial charge in [0.1, 0.15) is 0 Å². The van der Waals surface area contributed by atoms with Gasteiger partial charge >= 0.3 is 0 Å². The highest BCUT2D eigenvalue weighted by atomic mass is 32.2. The number of carbonyl (C=O) groups is 1. The SMILES string of the molecule is CC(C)NS(=O)(=O)c1ccc(NC(=O)CS[C@@H]2CCS(=O)(=O)C2)cc1. The summed E-state index contributed by atoms with van der Waals surface area (Å²) < 4.78 is 49.3. The summed E-state index contributed by atoms with van der Waals surface area (Å²) in [4.78, 5) is 12.1. The average molecular weight is 407 g/mol. The standard InChI is InChI=1S/C15H22N2O5S3/c1-11(2)17-25(21,22)14-5-3-12(4-6-14)16-15(18)9-23-13-7-8-24(19,20)10-13/h3-6,11,13,17H,7-10H2,1-2H3,(H,16,18)/t13-/m1/s1. The van der Waals surface area contributed by atoms with E-state index in [1.54, 1.807) is 13.8 Å². The fraction of sp³-hybridized carbons (Fsp3) is 0.533. The van der Waals surface area contributed by atoms with E-state index in [-0.39, 0.29) is 39.4 Å². The number of amides is 1. The van der Waals surface area contributed by atoms with Crippen LogP contribution in [0.15, 0.2) is 29.2 Å². The molecule has 1 fully saturated rings. The Balaban J connectivity index is 1.87. The van der Waals surface area contributed by atoms with Gasteiger partial charge in [-0.1, -0.05) is 0 Å². The molecule has 0 radical (unpaired) electrons. The minimum Gasteiger partial charge on any atom is -0.325 e. The molecule has 10 heteroatoms. The van der Waals surface area contributed by atoms with Gasteiger partial charge in [0.2, 0.25) is 15.9 Å². The third-order valence-electron chi connectivity index (χ3n) is 3.48. The van der Waals surface area contributed by atoms with Crippen molar-refractivity contribution in [2.75, 3.05) is 22.6 Å². The summed E-state index contributed by atoms with van der Waals surface area (Å²) in [7, 11) is -6.51. The van der Waals surface area contributed by atoms with Crippen molar-refractivity contribution < 1.29 is 21.6 Å². The lowest BCUT2D eigenvalue weighted by atomic mass is 10.3. The third kappa shape index (κ3) is 6.28. The molecule has 0 aliphatic carbocycles. The predicted molar refractivity (Wildman–Crippen MR) is 100 cm³/mol. The van der Waals surface area contributed by atoms with E-state index in [0.717, 1.165) is 0 Å². The molecule has 7 nitrogen and oxygen atoms in total. The molecule has 0 spiro atoms. The van der Waals surface area contributed by atoms with Gasteiger partial charge in [0.15, 0.2) is 9.84 Å². The number of benzene rings is 1. The molecule has 1 amide bonds. The number of anilines is 1. The largest absolute Gasteiger partial charge is 0.325 e. The molecule has 1 aromatic carbocycles. The van der Waals surface area contributed by atoms with Crippen LogP contribution in [0.25, 0.3) is 0 Å². The molecular weight excluding hydrogens is 384 g/mol. The van der Waals surface area contributed by atoms with E-state index in [2.05, 4.69) is 10.0 Å². The summed E-state index contributed by atoms with van der Waals surface area (Å²) in [6, 6.07) is 5.70. The summed E-state index contributed by atoms with van der Waals surface area (Å²) in [5.41, 5.74) is 0.494. The second-order valence-corrected chi connectivity index (χ2v) is 11.4. The molecule has 0 unspecified atom stereocenters. The summed E-state index contributed by atoms with van der Waals surface area (Å²) in [6.07, 6.45) is 0.579. The molecule has 1 aliphatic rings. The Hall–Kier alpha value is -1.10. The van der Waals surface area contributed by atoms with Gasteiger partial charge in [-0.2, -0.15) is 0 Å². The van der Waals surface area contributed by atoms with Gasteiger partial charge in [0, 0.05) is 17.0 Å². The van der Waals surface area contributed by atoms with E-state index in [1.807, 2.05) is 0 Å². The zero-order valence-electron chi connectivity index (χ0n) is 14.1. The van der Waals surface area contributed by atoms with Crippen molar-refractivity contribution in [3.8, 4) is 0 Å². The van der Waals surface area contributed by atoms with Gasteiger partial charge in [-0.05, 0) is 44.5 Å². The first-order valence-electron chi connectivity index (χ1n) is 7.82. The molecular formula is C15H22N2O5S3. The molecule has 1 aromatic rings. The Kier molecular flexibility index (Phi) is 6.52. The van der Waals surface area contributed by atoms with Crippen molar-refractivity contribution in [1.82, 2.24) is 4.72 Å². The maximum absolute atomic E-state index is 12.0. The normalized spacial score (nSPS) is 19.9. The van der Waals surface area contributed by atoms with Gasteiger partial charge in [-0.15, -0.1) is 11.8 Å². The second kappa shape index (κ2) is 8.07. The highest BCUT2D eigenvalue weighted by Crippen LogP contribution is 2.24. The van der Waals surface area contributed by atoms with Gasteiger partial charge in [-0.3, -0.25) is 4.79 Å². The topological polar surface area (TPSA) is 109 Å². The number of carbonyl (C=O) groups excluding carboxylic acids is 1. The third-order valence-corrected chi connectivity index (χ3v) is 8.44. The second-order valence-electron chi connectivity index (χ2n) is 6.18. The first-order chi connectivity index (χ1) is 11.6. The molecule has 0 aromatic heterocycles. The first kappa shape index (κ1) is 20.2. The average Bonchev–Trinajstić information content (AvgIpc) is 2.84. The number of hydrogen-bond donors (Lipinski definition) is 2. The van der Waals surface area contributed by atoms with Crippen molar-refractivity contribution in [2.45, 2.75) is 36.5 Å². The van der Waals surface area contributed by atoms with Gasteiger partial charge in [0.25, 0.3) is 0 Å². The Bertz CT molecular complexity index is 817. The molecule has 2 N–H and O–H groups in total. The van der Waals surface area contributed by atoms with E-state index in [9.17, 15) is 21.6 Å². The van der Waals surface area contributed by atoms with Gasteiger partial charge < -0.3 is 5.32 Å². The van der Waals surface area contributed by atoms with Gasteiger partial charge in [0.05, 0.1) is 22.2 Å². The first-order valence-corrected chi connectivity index (χ1v) is 12.2. The Morgan fingerprint density at radius 3 is 2.44 bits per heavy atom. The lowest BCUT2D eigenvalue weighted by Gasteiger charge is -2.11. The highest BCUT2D eigenvalue weighted by molar-refractivity contribution is 8.02. The van der Waals surface area contributed by atoms with Crippen molar-refractivity contribution in [2.24, 2.45) is 0 Å². The number of sulfonamides is 1. The van der Waals surface area contributed by atoms with Crippen LogP contribution in [0.1, 0.15) is 20.3 Å². The fourth-order valence-electron chi connectivity index (χ4n) is 2.38. The lowest BCUT2D eigenvalue weighted by molar-refractivity contribution is -0.113. The number of rotatable bonds is 7.